The largest absolute Gasteiger partial charge is 0.484 e. The first-order valence-corrected chi connectivity index (χ1v) is 10.4. The van der Waals surface area contributed by atoms with E-state index in [1.54, 1.807) is 0 Å². The Morgan fingerprint density at radius 2 is 1.64 bits per heavy atom. The molecule has 3 aromatic carbocycles. The third kappa shape index (κ3) is 5.69. The van der Waals surface area contributed by atoms with Crippen molar-refractivity contribution in [2.24, 2.45) is 0 Å². The van der Waals surface area contributed by atoms with Gasteiger partial charge in [0, 0.05) is 6.54 Å². The Morgan fingerprint density at radius 3 is 2.33 bits per heavy atom. The van der Waals surface area contributed by atoms with Crippen molar-refractivity contribution in [3.8, 4) is 23.3 Å². The Hall–Kier alpha value is -4.31. The molecule has 33 heavy (non-hydrogen) atoms. The first-order valence-electron chi connectivity index (χ1n) is 10.4. The van der Waals surface area contributed by atoms with E-state index in [4.69, 9.17) is 13.9 Å². The van der Waals surface area contributed by atoms with Crippen LogP contribution >= 0.6 is 0 Å². The van der Waals surface area contributed by atoms with Crippen LogP contribution < -0.4 is 14.8 Å². The van der Waals surface area contributed by atoms with Gasteiger partial charge < -0.3 is 19.2 Å². The van der Waals surface area contributed by atoms with Crippen LogP contribution in [-0.2, 0) is 13.2 Å². The number of nitriles is 1. The van der Waals surface area contributed by atoms with Crippen LogP contribution in [-0.4, -0.2) is 4.98 Å². The summed E-state index contributed by atoms with van der Waals surface area (Å²) in [6.45, 7) is 4.57. The lowest BCUT2D eigenvalue weighted by Gasteiger charge is -2.09. The SMILES string of the molecule is Cc1ccc(Oc2ccc(CNc3oc(COc4ccc(F)cc4)nc3C#N)cc2)cc1C. The number of hydrogen-bond acceptors (Lipinski definition) is 6. The fraction of sp³-hybridized carbons (Fsp3) is 0.154. The molecule has 1 aromatic heterocycles. The molecular weight excluding hydrogens is 421 g/mol. The van der Waals surface area contributed by atoms with Crippen molar-refractivity contribution < 1.29 is 18.3 Å². The van der Waals surface area contributed by atoms with E-state index in [-0.39, 0.29) is 29.9 Å². The minimum Gasteiger partial charge on any atom is -0.484 e. The van der Waals surface area contributed by atoms with Crippen molar-refractivity contribution in [3.63, 3.8) is 0 Å². The topological polar surface area (TPSA) is 80.3 Å². The van der Waals surface area contributed by atoms with E-state index in [0.29, 0.717) is 12.3 Å². The molecule has 0 unspecified atom stereocenters. The van der Waals surface area contributed by atoms with E-state index >= 15 is 0 Å². The molecule has 0 atom stereocenters. The molecule has 166 valence electrons. The Bertz CT molecular complexity index is 1280. The molecule has 0 fully saturated rings. The third-order valence-corrected chi connectivity index (χ3v) is 5.04. The smallest absolute Gasteiger partial charge is 0.236 e. The van der Waals surface area contributed by atoms with Crippen molar-refractivity contribution in [1.29, 1.82) is 5.26 Å². The van der Waals surface area contributed by atoms with Gasteiger partial charge in [-0.25, -0.2) is 4.39 Å². The lowest BCUT2D eigenvalue weighted by atomic mass is 10.1. The lowest BCUT2D eigenvalue weighted by molar-refractivity contribution is 0.264. The zero-order valence-corrected chi connectivity index (χ0v) is 18.3. The Morgan fingerprint density at radius 1 is 0.939 bits per heavy atom. The van der Waals surface area contributed by atoms with Gasteiger partial charge in [0.2, 0.25) is 17.5 Å². The van der Waals surface area contributed by atoms with Gasteiger partial charge in [-0.2, -0.15) is 10.2 Å². The van der Waals surface area contributed by atoms with Crippen molar-refractivity contribution in [2.75, 3.05) is 5.32 Å². The molecule has 4 aromatic rings. The molecule has 0 saturated carbocycles. The third-order valence-electron chi connectivity index (χ3n) is 5.04. The zero-order valence-electron chi connectivity index (χ0n) is 18.3. The number of aryl methyl sites for hydroxylation is 2. The number of halogens is 1. The van der Waals surface area contributed by atoms with Crippen LogP contribution in [0.3, 0.4) is 0 Å². The quantitative estimate of drug-likeness (QED) is 0.345. The second-order valence-corrected chi connectivity index (χ2v) is 7.49. The molecule has 1 heterocycles. The average molecular weight is 443 g/mol. The fourth-order valence-corrected chi connectivity index (χ4v) is 3.07. The summed E-state index contributed by atoms with van der Waals surface area (Å²) in [5.41, 5.74) is 3.52. The van der Waals surface area contributed by atoms with Gasteiger partial charge in [-0.15, -0.1) is 0 Å². The first-order chi connectivity index (χ1) is 16.0. The van der Waals surface area contributed by atoms with Crippen LogP contribution in [0.2, 0.25) is 0 Å². The first kappa shape index (κ1) is 21.9. The van der Waals surface area contributed by atoms with Crippen LogP contribution in [0.5, 0.6) is 17.2 Å². The predicted octanol–water partition coefficient (Wildman–Crippen LogP) is 6.29. The molecule has 4 rings (SSSR count). The summed E-state index contributed by atoms with van der Waals surface area (Å²) in [5, 5.41) is 12.4. The standard InChI is InChI=1S/C26H22FN3O3/c1-17-3-8-23(13-18(17)2)32-22-9-4-19(5-10-22)15-29-26-24(14-28)30-25(33-26)16-31-21-11-6-20(27)7-12-21/h3-13,29H,15-16H2,1-2H3. The highest BCUT2D eigenvalue weighted by molar-refractivity contribution is 5.46. The summed E-state index contributed by atoms with van der Waals surface area (Å²) in [5.74, 6) is 2.17. The monoisotopic (exact) mass is 443 g/mol. The summed E-state index contributed by atoms with van der Waals surface area (Å²) in [7, 11) is 0. The molecule has 0 bridgehead atoms. The molecule has 6 nitrogen and oxygen atoms in total. The summed E-state index contributed by atoms with van der Waals surface area (Å²) < 4.78 is 30.1. The lowest BCUT2D eigenvalue weighted by Crippen LogP contribution is -1.99. The summed E-state index contributed by atoms with van der Waals surface area (Å²) in [6, 6.07) is 21.3. The molecule has 1 N–H and O–H groups in total. The maximum absolute atomic E-state index is 13.0. The van der Waals surface area contributed by atoms with Gasteiger partial charge >= 0.3 is 0 Å². The highest BCUT2D eigenvalue weighted by atomic mass is 19.1. The van der Waals surface area contributed by atoms with Crippen molar-refractivity contribution in [2.45, 2.75) is 27.0 Å². The highest BCUT2D eigenvalue weighted by Crippen LogP contribution is 2.25. The van der Waals surface area contributed by atoms with E-state index in [0.717, 1.165) is 17.1 Å². The highest BCUT2D eigenvalue weighted by Gasteiger charge is 2.13. The Kier molecular flexibility index (Phi) is 6.56. The van der Waals surface area contributed by atoms with Gasteiger partial charge in [0.15, 0.2) is 6.61 Å². The number of rotatable bonds is 8. The van der Waals surface area contributed by atoms with Crippen LogP contribution in [0.4, 0.5) is 10.3 Å². The maximum atomic E-state index is 13.0. The summed E-state index contributed by atoms with van der Waals surface area (Å²) in [4.78, 5) is 4.14. The normalized spacial score (nSPS) is 10.5. The second kappa shape index (κ2) is 9.88. The number of hydrogen-bond donors (Lipinski definition) is 1. The molecule has 0 amide bonds. The number of nitrogens with zero attached hydrogens (tertiary/aromatic N) is 2. The van der Waals surface area contributed by atoms with Gasteiger partial charge in [0.05, 0.1) is 0 Å². The molecule has 0 saturated heterocycles. The van der Waals surface area contributed by atoms with E-state index in [1.165, 1.54) is 35.4 Å². The van der Waals surface area contributed by atoms with E-state index in [9.17, 15) is 9.65 Å². The number of aromatic nitrogens is 1. The van der Waals surface area contributed by atoms with E-state index in [2.05, 4.69) is 24.1 Å². The molecule has 0 radical (unpaired) electrons. The fourth-order valence-electron chi connectivity index (χ4n) is 3.07. The predicted molar refractivity (Wildman–Crippen MR) is 122 cm³/mol. The second-order valence-electron chi connectivity index (χ2n) is 7.49. The zero-order chi connectivity index (χ0) is 23.2. The minimum atomic E-state index is -0.346. The molecule has 0 aliphatic heterocycles. The number of oxazole rings is 1. The Labute approximate surface area is 191 Å². The van der Waals surface area contributed by atoms with Crippen molar-refractivity contribution in [1.82, 2.24) is 4.98 Å². The maximum Gasteiger partial charge on any atom is 0.236 e. The summed E-state index contributed by atoms with van der Waals surface area (Å²) >= 11 is 0. The number of nitrogens with one attached hydrogen (secondary N) is 1. The van der Waals surface area contributed by atoms with Crippen molar-refractivity contribution >= 4 is 5.88 Å². The van der Waals surface area contributed by atoms with Gasteiger partial charge in [-0.05, 0) is 79.1 Å². The van der Waals surface area contributed by atoms with E-state index < -0.39 is 0 Å². The van der Waals surface area contributed by atoms with Crippen LogP contribution in [0.25, 0.3) is 0 Å². The molecule has 0 spiro atoms. The summed E-state index contributed by atoms with van der Waals surface area (Å²) in [6.07, 6.45) is 0. The minimum absolute atomic E-state index is 0.0204. The number of benzene rings is 3. The van der Waals surface area contributed by atoms with Gasteiger partial charge in [-0.1, -0.05) is 18.2 Å². The van der Waals surface area contributed by atoms with Gasteiger partial charge in [-0.3, -0.25) is 0 Å². The van der Waals surface area contributed by atoms with Gasteiger partial charge in [0.25, 0.3) is 0 Å². The molecule has 7 heteroatoms. The van der Waals surface area contributed by atoms with Crippen LogP contribution in [0, 0.1) is 31.0 Å². The van der Waals surface area contributed by atoms with Crippen molar-refractivity contribution in [3.05, 3.63) is 101 Å². The molecule has 0 aliphatic carbocycles. The van der Waals surface area contributed by atoms with Crippen LogP contribution in [0.15, 0.2) is 71.1 Å². The number of ether oxygens (including phenoxy) is 2. The molecule has 0 aliphatic rings. The van der Waals surface area contributed by atoms with Crippen LogP contribution in [0.1, 0.15) is 28.3 Å². The van der Waals surface area contributed by atoms with Gasteiger partial charge in [0.1, 0.15) is 29.1 Å². The number of anilines is 1. The average Bonchev–Trinajstić information content (AvgIpc) is 3.23. The Balaban J connectivity index is 1.34. The molecular formula is C26H22FN3O3. The van der Waals surface area contributed by atoms with E-state index in [1.807, 2.05) is 48.5 Å².